The zero-order chi connectivity index (χ0) is 13.6. The van der Waals surface area contributed by atoms with Gasteiger partial charge < -0.3 is 19.8 Å². The number of alkyl halides is 1. The fourth-order valence-electron chi connectivity index (χ4n) is 1.25. The summed E-state index contributed by atoms with van der Waals surface area (Å²) in [5.74, 6) is -3.38. The van der Waals surface area contributed by atoms with Gasteiger partial charge in [-0.1, -0.05) is 0 Å². The number of carboxylic acids is 1. The smallest absolute Gasteiger partial charge is 0.326 e. The lowest BCUT2D eigenvalue weighted by atomic mass is 10.1. The van der Waals surface area contributed by atoms with Crippen LogP contribution in [0.1, 0.15) is 6.92 Å². The van der Waals surface area contributed by atoms with Gasteiger partial charge in [-0.15, -0.1) is 0 Å². The van der Waals surface area contributed by atoms with E-state index >= 15 is 0 Å². The lowest BCUT2D eigenvalue weighted by Gasteiger charge is -2.23. The van der Waals surface area contributed by atoms with E-state index in [1.54, 1.807) is 0 Å². The number of rotatable bonds is 7. The predicted octanol–water partition coefficient (Wildman–Crippen LogP) is -0.317. The molecule has 9 heteroatoms. The monoisotopic (exact) mass is 271 g/mol. The zero-order valence-electron chi connectivity index (χ0n) is 9.24. The lowest BCUT2D eigenvalue weighted by Crippen LogP contribution is -2.39. The average Bonchev–Trinajstić information content (AvgIpc) is 2.13. The third kappa shape index (κ3) is 7.04. The molecular formula is C8H15FNO6P. The molecule has 0 spiro atoms. The first kappa shape index (κ1) is 16.0. The summed E-state index contributed by atoms with van der Waals surface area (Å²) >= 11 is 0. The van der Waals surface area contributed by atoms with Crippen LogP contribution in [0.2, 0.25) is 0 Å². The molecule has 0 aromatic rings. The molecular weight excluding hydrogens is 256 g/mol. The number of halogens is 1. The number of hydrogen-bond donors (Lipinski definition) is 3. The minimum Gasteiger partial charge on any atom is -0.481 e. The van der Waals surface area contributed by atoms with E-state index in [2.05, 4.69) is 0 Å². The maximum Gasteiger partial charge on any atom is 0.326 e. The topological polar surface area (TPSA) is 115 Å². The van der Waals surface area contributed by atoms with Crippen molar-refractivity contribution in [2.24, 2.45) is 5.92 Å². The second-order valence-electron chi connectivity index (χ2n) is 3.54. The highest BCUT2D eigenvalue weighted by Gasteiger charge is 2.29. The van der Waals surface area contributed by atoms with E-state index in [4.69, 9.17) is 14.9 Å². The largest absolute Gasteiger partial charge is 0.481 e. The second-order valence-corrected chi connectivity index (χ2v) is 5.23. The van der Waals surface area contributed by atoms with Gasteiger partial charge in [0.25, 0.3) is 0 Å². The van der Waals surface area contributed by atoms with Crippen LogP contribution in [0.4, 0.5) is 4.39 Å². The van der Waals surface area contributed by atoms with Gasteiger partial charge in [-0.05, 0) is 0 Å². The van der Waals surface area contributed by atoms with Gasteiger partial charge in [-0.25, -0.2) is 4.39 Å². The number of amides is 1. The van der Waals surface area contributed by atoms with E-state index in [0.29, 0.717) is 0 Å². The number of hydrogen-bond acceptors (Lipinski definition) is 3. The third-order valence-electron chi connectivity index (χ3n) is 2.05. The maximum atomic E-state index is 12.1. The van der Waals surface area contributed by atoms with Crippen LogP contribution in [0.5, 0.6) is 0 Å². The molecule has 0 aromatic heterocycles. The molecule has 0 heterocycles. The molecule has 17 heavy (non-hydrogen) atoms. The van der Waals surface area contributed by atoms with Gasteiger partial charge in [-0.2, -0.15) is 0 Å². The van der Waals surface area contributed by atoms with Crippen LogP contribution in [0.25, 0.3) is 0 Å². The van der Waals surface area contributed by atoms with Crippen molar-refractivity contribution in [2.75, 3.05) is 25.9 Å². The van der Waals surface area contributed by atoms with Gasteiger partial charge in [0.2, 0.25) is 5.91 Å². The van der Waals surface area contributed by atoms with Gasteiger partial charge in [0.1, 0.15) is 6.67 Å². The quantitative estimate of drug-likeness (QED) is 0.547. The van der Waals surface area contributed by atoms with Crippen LogP contribution in [0, 0.1) is 5.92 Å². The molecule has 0 radical (unpaired) electrons. The van der Waals surface area contributed by atoms with E-state index < -0.39 is 44.8 Å². The fraction of sp³-hybridized carbons (Fsp3) is 0.750. The van der Waals surface area contributed by atoms with Crippen molar-refractivity contribution in [2.45, 2.75) is 6.92 Å². The second kappa shape index (κ2) is 6.68. The van der Waals surface area contributed by atoms with Crippen LogP contribution in [-0.2, 0) is 14.2 Å². The first-order valence-corrected chi connectivity index (χ1v) is 6.56. The summed E-state index contributed by atoms with van der Waals surface area (Å²) in [7, 11) is -4.49. The summed E-state index contributed by atoms with van der Waals surface area (Å²) in [6, 6.07) is 0. The molecule has 0 bridgehead atoms. The number of aliphatic carboxylic acids is 1. The van der Waals surface area contributed by atoms with Crippen molar-refractivity contribution in [1.29, 1.82) is 0 Å². The molecule has 1 amide bonds. The van der Waals surface area contributed by atoms with Crippen LogP contribution >= 0.6 is 7.60 Å². The first-order valence-electron chi connectivity index (χ1n) is 4.76. The summed E-state index contributed by atoms with van der Waals surface area (Å²) in [6.45, 7) is -0.423. The third-order valence-corrected chi connectivity index (χ3v) is 2.96. The van der Waals surface area contributed by atoms with Crippen molar-refractivity contribution in [3.63, 3.8) is 0 Å². The lowest BCUT2D eigenvalue weighted by molar-refractivity contribution is -0.142. The highest BCUT2D eigenvalue weighted by atomic mass is 31.2. The molecule has 1 atom stereocenters. The number of carbonyl (C=O) groups excluding carboxylic acids is 1. The molecule has 0 saturated carbocycles. The van der Waals surface area contributed by atoms with Crippen molar-refractivity contribution in [3.8, 4) is 0 Å². The molecule has 0 rings (SSSR count). The Bertz CT molecular complexity index is 330. The van der Waals surface area contributed by atoms with Crippen LogP contribution in [-0.4, -0.2) is 57.6 Å². The first-order chi connectivity index (χ1) is 7.67. The predicted molar refractivity (Wildman–Crippen MR) is 56.3 cm³/mol. The zero-order valence-corrected chi connectivity index (χ0v) is 10.1. The van der Waals surface area contributed by atoms with E-state index in [1.807, 2.05) is 0 Å². The van der Waals surface area contributed by atoms with Gasteiger partial charge in [0.05, 0.1) is 12.1 Å². The average molecular weight is 271 g/mol. The van der Waals surface area contributed by atoms with E-state index in [0.717, 1.165) is 11.8 Å². The van der Waals surface area contributed by atoms with Crippen molar-refractivity contribution in [1.82, 2.24) is 4.90 Å². The molecule has 0 aliphatic rings. The molecule has 0 saturated heterocycles. The SMILES string of the molecule is CC(=O)N(CCF)CC(CP(=O)(O)O)C(=O)O. The van der Waals surface area contributed by atoms with E-state index in [9.17, 15) is 18.5 Å². The van der Waals surface area contributed by atoms with Gasteiger partial charge in [-0.3, -0.25) is 14.2 Å². The number of nitrogens with zero attached hydrogens (tertiary/aromatic N) is 1. The van der Waals surface area contributed by atoms with Crippen molar-refractivity contribution >= 4 is 19.5 Å². The molecule has 1 unspecified atom stereocenters. The maximum absolute atomic E-state index is 12.1. The van der Waals surface area contributed by atoms with Crippen LogP contribution in [0.3, 0.4) is 0 Å². The Morgan fingerprint density at radius 1 is 1.41 bits per heavy atom. The summed E-state index contributed by atoms with van der Waals surface area (Å²) in [5, 5.41) is 8.76. The highest BCUT2D eigenvalue weighted by molar-refractivity contribution is 7.51. The standard InChI is InChI=1S/C8H15FNO6P/c1-6(11)10(3-2-9)4-7(8(12)13)5-17(14,15)16/h7H,2-5H2,1H3,(H,12,13)(H2,14,15,16). The highest BCUT2D eigenvalue weighted by Crippen LogP contribution is 2.37. The van der Waals surface area contributed by atoms with Crippen molar-refractivity contribution in [3.05, 3.63) is 0 Å². The minimum atomic E-state index is -4.49. The summed E-state index contributed by atoms with van der Waals surface area (Å²) < 4.78 is 22.8. The number of carboxylic acid groups (broad SMARTS) is 1. The Hall–Kier alpha value is -0.980. The van der Waals surface area contributed by atoms with E-state index in [-0.39, 0.29) is 6.54 Å². The van der Waals surface area contributed by atoms with Gasteiger partial charge in [0.15, 0.2) is 0 Å². The van der Waals surface area contributed by atoms with Crippen LogP contribution in [0.15, 0.2) is 0 Å². The Morgan fingerprint density at radius 2 is 1.94 bits per heavy atom. The van der Waals surface area contributed by atoms with Crippen LogP contribution < -0.4 is 0 Å². The summed E-state index contributed by atoms with van der Waals surface area (Å²) in [6.07, 6.45) is -0.877. The Labute approximate surface area is 97.4 Å². The normalized spacial score (nSPS) is 13.2. The molecule has 0 aliphatic heterocycles. The molecule has 0 aliphatic carbocycles. The van der Waals surface area contributed by atoms with Gasteiger partial charge in [0, 0.05) is 20.0 Å². The molecule has 3 N–H and O–H groups in total. The van der Waals surface area contributed by atoms with Gasteiger partial charge >= 0.3 is 13.6 Å². The Morgan fingerprint density at radius 3 is 2.24 bits per heavy atom. The van der Waals surface area contributed by atoms with Crippen molar-refractivity contribution < 1.29 is 33.4 Å². The Balaban J connectivity index is 4.67. The van der Waals surface area contributed by atoms with E-state index in [1.165, 1.54) is 0 Å². The number of carbonyl (C=O) groups is 2. The Kier molecular flexibility index (Phi) is 6.30. The molecule has 7 nitrogen and oxygen atoms in total. The summed E-state index contributed by atoms with van der Waals surface area (Å²) in [5.41, 5.74) is 0. The fourth-order valence-corrected chi connectivity index (χ4v) is 2.09. The molecule has 0 aromatic carbocycles. The molecule has 0 fully saturated rings. The molecule has 100 valence electrons. The summed E-state index contributed by atoms with van der Waals surface area (Å²) in [4.78, 5) is 40.1. The minimum absolute atomic E-state index is 0.291.